The number of aromatic hydroxyl groups is 1. The SMILES string of the molecule is Cc1ccc(S(=O)(=O)C(N)c2ccc(C(C)(C)C)cc2)cc1O. The number of hydrogen-bond acceptors (Lipinski definition) is 4. The van der Waals surface area contributed by atoms with Crippen LogP contribution < -0.4 is 5.73 Å². The van der Waals surface area contributed by atoms with Crippen molar-refractivity contribution < 1.29 is 13.5 Å². The summed E-state index contributed by atoms with van der Waals surface area (Å²) in [5.41, 5.74) is 8.23. The van der Waals surface area contributed by atoms with Gasteiger partial charge < -0.3 is 10.8 Å². The topological polar surface area (TPSA) is 80.4 Å². The van der Waals surface area contributed by atoms with Crippen molar-refractivity contribution in [2.75, 3.05) is 0 Å². The fraction of sp³-hybridized carbons (Fsp3) is 0.333. The van der Waals surface area contributed by atoms with Crippen LogP contribution in [0.4, 0.5) is 0 Å². The molecule has 2 aromatic carbocycles. The lowest BCUT2D eigenvalue weighted by Crippen LogP contribution is -2.22. The number of rotatable bonds is 3. The van der Waals surface area contributed by atoms with Gasteiger partial charge >= 0.3 is 0 Å². The maximum atomic E-state index is 12.6. The van der Waals surface area contributed by atoms with Gasteiger partial charge in [-0.2, -0.15) is 0 Å². The van der Waals surface area contributed by atoms with Crippen LogP contribution in [-0.4, -0.2) is 13.5 Å². The van der Waals surface area contributed by atoms with E-state index in [4.69, 9.17) is 5.73 Å². The zero-order chi connectivity index (χ0) is 17.4. The Hall–Kier alpha value is -1.85. The molecule has 0 spiro atoms. The Bertz CT molecular complexity index is 803. The summed E-state index contributed by atoms with van der Waals surface area (Å²) in [5.74, 6) is -0.0543. The highest BCUT2D eigenvalue weighted by Crippen LogP contribution is 2.30. The second-order valence-corrected chi connectivity index (χ2v) is 8.86. The Morgan fingerprint density at radius 1 is 1.04 bits per heavy atom. The van der Waals surface area contributed by atoms with Crippen molar-refractivity contribution in [3.05, 3.63) is 59.2 Å². The summed E-state index contributed by atoms with van der Waals surface area (Å²) in [6.45, 7) is 7.98. The van der Waals surface area contributed by atoms with E-state index in [0.29, 0.717) is 11.1 Å². The first-order valence-corrected chi connectivity index (χ1v) is 8.97. The van der Waals surface area contributed by atoms with Gasteiger partial charge in [0.25, 0.3) is 0 Å². The summed E-state index contributed by atoms with van der Waals surface area (Å²) in [4.78, 5) is 0.0213. The molecule has 0 heterocycles. The van der Waals surface area contributed by atoms with Gasteiger partial charge in [0, 0.05) is 0 Å². The third kappa shape index (κ3) is 3.57. The molecule has 2 rings (SSSR count). The van der Waals surface area contributed by atoms with E-state index in [9.17, 15) is 13.5 Å². The summed E-state index contributed by atoms with van der Waals surface area (Å²) in [5, 5.41) is 8.57. The molecular formula is C18H23NO3S. The molecule has 2 aromatic rings. The van der Waals surface area contributed by atoms with Crippen LogP contribution in [0.5, 0.6) is 5.75 Å². The minimum atomic E-state index is -3.76. The predicted octanol–water partition coefficient (Wildman–Crippen LogP) is 3.43. The zero-order valence-corrected chi connectivity index (χ0v) is 14.7. The monoisotopic (exact) mass is 333 g/mol. The molecule has 0 aromatic heterocycles. The predicted molar refractivity (Wildman–Crippen MR) is 92.1 cm³/mol. The van der Waals surface area contributed by atoms with Crippen molar-refractivity contribution in [1.29, 1.82) is 0 Å². The Kier molecular flexibility index (Phi) is 4.55. The van der Waals surface area contributed by atoms with E-state index in [1.807, 2.05) is 12.1 Å². The molecule has 0 aliphatic heterocycles. The van der Waals surface area contributed by atoms with Crippen LogP contribution in [0.3, 0.4) is 0 Å². The minimum absolute atomic E-state index is 0.00968. The molecule has 0 saturated carbocycles. The Morgan fingerprint density at radius 3 is 2.09 bits per heavy atom. The van der Waals surface area contributed by atoms with E-state index in [0.717, 1.165) is 5.56 Å². The van der Waals surface area contributed by atoms with Crippen LogP contribution in [0.1, 0.15) is 42.8 Å². The molecule has 0 bridgehead atoms. The fourth-order valence-corrected chi connectivity index (χ4v) is 3.61. The van der Waals surface area contributed by atoms with Crippen molar-refractivity contribution in [2.45, 2.75) is 43.4 Å². The quantitative estimate of drug-likeness (QED) is 0.902. The summed E-state index contributed by atoms with van der Waals surface area (Å²) in [6, 6.07) is 11.6. The first-order chi connectivity index (χ1) is 10.5. The van der Waals surface area contributed by atoms with Crippen LogP contribution in [0.25, 0.3) is 0 Å². The van der Waals surface area contributed by atoms with E-state index >= 15 is 0 Å². The summed E-state index contributed by atoms with van der Waals surface area (Å²) >= 11 is 0. The third-order valence-electron chi connectivity index (χ3n) is 3.95. The van der Waals surface area contributed by atoms with Gasteiger partial charge in [0.2, 0.25) is 0 Å². The maximum Gasteiger partial charge on any atom is 0.198 e. The standard InChI is InChI=1S/C18H23NO3S/c1-12-5-10-15(11-16(12)20)23(21,22)17(19)13-6-8-14(9-7-13)18(2,3)4/h5-11,17,20H,19H2,1-4H3. The van der Waals surface area contributed by atoms with Gasteiger partial charge in [-0.05, 0) is 41.2 Å². The van der Waals surface area contributed by atoms with Crippen molar-refractivity contribution in [1.82, 2.24) is 0 Å². The number of phenols is 1. The smallest absolute Gasteiger partial charge is 0.198 e. The lowest BCUT2D eigenvalue weighted by atomic mass is 9.87. The fourth-order valence-electron chi connectivity index (χ4n) is 2.26. The number of aryl methyl sites for hydroxylation is 1. The van der Waals surface area contributed by atoms with Crippen LogP contribution in [0.15, 0.2) is 47.4 Å². The van der Waals surface area contributed by atoms with Crippen molar-refractivity contribution in [2.24, 2.45) is 5.73 Å². The number of hydrogen-bond donors (Lipinski definition) is 2. The first kappa shape index (κ1) is 17.5. The van der Waals surface area contributed by atoms with Crippen molar-refractivity contribution in [3.8, 4) is 5.75 Å². The van der Waals surface area contributed by atoms with E-state index in [2.05, 4.69) is 20.8 Å². The second-order valence-electron chi connectivity index (χ2n) is 6.79. The molecule has 0 saturated heterocycles. The molecule has 5 heteroatoms. The van der Waals surface area contributed by atoms with Gasteiger partial charge in [0.15, 0.2) is 9.84 Å². The molecule has 0 aliphatic rings. The molecule has 23 heavy (non-hydrogen) atoms. The largest absolute Gasteiger partial charge is 0.508 e. The second kappa shape index (κ2) is 5.98. The molecule has 0 radical (unpaired) electrons. The van der Waals surface area contributed by atoms with Crippen molar-refractivity contribution in [3.63, 3.8) is 0 Å². The van der Waals surface area contributed by atoms with Crippen LogP contribution >= 0.6 is 0 Å². The van der Waals surface area contributed by atoms with Gasteiger partial charge in [-0.15, -0.1) is 0 Å². The molecule has 1 atom stereocenters. The van der Waals surface area contributed by atoms with Gasteiger partial charge in [0.1, 0.15) is 11.1 Å². The van der Waals surface area contributed by atoms with Crippen LogP contribution in [0.2, 0.25) is 0 Å². The van der Waals surface area contributed by atoms with Gasteiger partial charge in [-0.1, -0.05) is 51.1 Å². The Morgan fingerprint density at radius 2 is 1.61 bits per heavy atom. The lowest BCUT2D eigenvalue weighted by Gasteiger charge is -2.20. The summed E-state index contributed by atoms with van der Waals surface area (Å²) < 4.78 is 25.3. The van der Waals surface area contributed by atoms with E-state index in [-0.39, 0.29) is 16.1 Å². The van der Waals surface area contributed by atoms with Crippen LogP contribution in [-0.2, 0) is 15.3 Å². The Labute approximate surface area is 137 Å². The highest BCUT2D eigenvalue weighted by molar-refractivity contribution is 7.91. The minimum Gasteiger partial charge on any atom is -0.508 e. The molecule has 0 fully saturated rings. The van der Waals surface area contributed by atoms with E-state index < -0.39 is 15.2 Å². The van der Waals surface area contributed by atoms with Gasteiger partial charge in [-0.3, -0.25) is 0 Å². The highest BCUT2D eigenvalue weighted by atomic mass is 32.2. The number of sulfone groups is 1. The van der Waals surface area contributed by atoms with Gasteiger partial charge in [-0.25, -0.2) is 8.42 Å². The molecule has 1 unspecified atom stereocenters. The van der Waals surface area contributed by atoms with E-state index in [1.165, 1.54) is 12.1 Å². The molecule has 124 valence electrons. The summed E-state index contributed by atoms with van der Waals surface area (Å²) in [6.07, 6.45) is 0. The first-order valence-electron chi connectivity index (χ1n) is 7.43. The van der Waals surface area contributed by atoms with Crippen molar-refractivity contribution >= 4 is 9.84 Å². The number of phenolic OH excluding ortho intramolecular Hbond substituents is 1. The molecule has 0 aliphatic carbocycles. The van der Waals surface area contributed by atoms with Gasteiger partial charge in [0.05, 0.1) is 4.90 Å². The zero-order valence-electron chi connectivity index (χ0n) is 13.9. The molecule has 3 N–H and O–H groups in total. The highest BCUT2D eigenvalue weighted by Gasteiger charge is 2.26. The molecule has 0 amide bonds. The Balaban J connectivity index is 2.38. The normalized spacial score (nSPS) is 13.8. The van der Waals surface area contributed by atoms with Crippen LogP contribution in [0, 0.1) is 6.92 Å². The maximum absolute atomic E-state index is 12.6. The molecular weight excluding hydrogens is 310 g/mol. The number of nitrogens with two attached hydrogens (primary N) is 1. The summed E-state index contributed by atoms with van der Waals surface area (Å²) in [7, 11) is -3.76. The van der Waals surface area contributed by atoms with E-state index in [1.54, 1.807) is 25.1 Å². The third-order valence-corrected chi connectivity index (χ3v) is 5.80. The number of benzene rings is 2. The average molecular weight is 333 g/mol. The lowest BCUT2D eigenvalue weighted by molar-refractivity contribution is 0.469. The molecule has 4 nitrogen and oxygen atoms in total. The average Bonchev–Trinajstić information content (AvgIpc) is 2.48.